The van der Waals surface area contributed by atoms with E-state index in [1.807, 2.05) is 38.1 Å². The maximum absolute atomic E-state index is 6.05. The first kappa shape index (κ1) is 14.1. The van der Waals surface area contributed by atoms with Crippen LogP contribution in [0.15, 0.2) is 24.3 Å². The van der Waals surface area contributed by atoms with Crippen LogP contribution in [0.3, 0.4) is 0 Å². The zero-order valence-corrected chi connectivity index (χ0v) is 12.4. The van der Waals surface area contributed by atoms with Crippen LogP contribution in [0.2, 0.25) is 10.2 Å². The van der Waals surface area contributed by atoms with Gasteiger partial charge in [-0.25, -0.2) is 9.97 Å². The molecule has 2 aromatic rings. The number of aryl methyl sites for hydroxylation is 2. The lowest BCUT2D eigenvalue weighted by Gasteiger charge is -2.09. The molecule has 0 amide bonds. The van der Waals surface area contributed by atoms with E-state index in [1.54, 1.807) is 0 Å². The highest BCUT2D eigenvalue weighted by Crippen LogP contribution is 2.18. The van der Waals surface area contributed by atoms with Crippen molar-refractivity contribution in [1.82, 2.24) is 9.97 Å². The van der Waals surface area contributed by atoms with Gasteiger partial charge in [-0.05, 0) is 38.0 Å². The first-order valence-electron chi connectivity index (χ1n) is 6.05. The molecular formula is C14H15Cl2N3. The van der Waals surface area contributed by atoms with E-state index >= 15 is 0 Å². The van der Waals surface area contributed by atoms with E-state index < -0.39 is 0 Å². The van der Waals surface area contributed by atoms with Gasteiger partial charge in [-0.3, -0.25) is 0 Å². The molecule has 0 saturated carbocycles. The Morgan fingerprint density at radius 3 is 2.32 bits per heavy atom. The Morgan fingerprint density at radius 2 is 1.63 bits per heavy atom. The minimum Gasteiger partial charge on any atom is -0.367 e. The molecule has 0 aliphatic carbocycles. The number of halogens is 2. The van der Waals surface area contributed by atoms with Crippen molar-refractivity contribution in [3.8, 4) is 0 Å². The standard InChI is InChI=1S/C14H15Cl2N3/c1-9-10(2)19-14(13(16)18-9)17-8-7-11-3-5-12(15)6-4-11/h3-6H,7-8H2,1-2H3,(H,17,19). The van der Waals surface area contributed by atoms with Crippen LogP contribution >= 0.6 is 23.2 Å². The smallest absolute Gasteiger partial charge is 0.171 e. The fourth-order valence-electron chi connectivity index (χ4n) is 1.66. The maximum Gasteiger partial charge on any atom is 0.171 e. The normalized spacial score (nSPS) is 10.5. The number of rotatable bonds is 4. The number of hydrogen-bond donors (Lipinski definition) is 1. The topological polar surface area (TPSA) is 37.8 Å². The zero-order valence-electron chi connectivity index (χ0n) is 10.9. The Balaban J connectivity index is 1.96. The van der Waals surface area contributed by atoms with Crippen molar-refractivity contribution in [2.45, 2.75) is 20.3 Å². The predicted octanol–water partition coefficient (Wildman–Crippen LogP) is 4.05. The van der Waals surface area contributed by atoms with E-state index in [0.29, 0.717) is 11.0 Å². The average Bonchev–Trinajstić information content (AvgIpc) is 2.38. The molecule has 1 aromatic carbocycles. The molecule has 0 unspecified atom stereocenters. The van der Waals surface area contributed by atoms with Gasteiger partial charge in [-0.15, -0.1) is 0 Å². The van der Waals surface area contributed by atoms with Crippen molar-refractivity contribution in [2.24, 2.45) is 0 Å². The Morgan fingerprint density at radius 1 is 1.00 bits per heavy atom. The minimum absolute atomic E-state index is 0.416. The molecule has 0 atom stereocenters. The molecule has 1 N–H and O–H groups in total. The summed E-state index contributed by atoms with van der Waals surface area (Å²) in [5.41, 5.74) is 2.96. The number of aromatic nitrogens is 2. The fraction of sp³-hybridized carbons (Fsp3) is 0.286. The lowest BCUT2D eigenvalue weighted by atomic mass is 10.1. The molecule has 5 heteroatoms. The molecular weight excluding hydrogens is 281 g/mol. The van der Waals surface area contributed by atoms with Gasteiger partial charge in [0.15, 0.2) is 11.0 Å². The zero-order chi connectivity index (χ0) is 13.8. The van der Waals surface area contributed by atoms with Gasteiger partial charge >= 0.3 is 0 Å². The second kappa shape index (κ2) is 6.22. The molecule has 0 spiro atoms. The van der Waals surface area contributed by atoms with Gasteiger partial charge in [0, 0.05) is 11.6 Å². The van der Waals surface area contributed by atoms with Gasteiger partial charge in [-0.2, -0.15) is 0 Å². The van der Waals surface area contributed by atoms with Gasteiger partial charge < -0.3 is 5.32 Å². The number of nitrogens with one attached hydrogen (secondary N) is 1. The number of hydrogen-bond acceptors (Lipinski definition) is 3. The molecule has 0 saturated heterocycles. The van der Waals surface area contributed by atoms with Crippen LogP contribution in [0.25, 0.3) is 0 Å². The van der Waals surface area contributed by atoms with E-state index in [1.165, 1.54) is 5.56 Å². The van der Waals surface area contributed by atoms with Crippen molar-refractivity contribution < 1.29 is 0 Å². The molecule has 0 fully saturated rings. The third-order valence-corrected chi connectivity index (χ3v) is 3.40. The van der Waals surface area contributed by atoms with E-state index in [4.69, 9.17) is 23.2 Å². The monoisotopic (exact) mass is 295 g/mol. The summed E-state index contributed by atoms with van der Waals surface area (Å²) < 4.78 is 0. The number of benzene rings is 1. The first-order chi connectivity index (χ1) is 9.06. The molecule has 19 heavy (non-hydrogen) atoms. The molecule has 1 heterocycles. The molecule has 100 valence electrons. The summed E-state index contributed by atoms with van der Waals surface area (Å²) in [7, 11) is 0. The van der Waals surface area contributed by atoms with Crippen LogP contribution in [0.5, 0.6) is 0 Å². The minimum atomic E-state index is 0.416. The van der Waals surface area contributed by atoms with Crippen LogP contribution in [0.1, 0.15) is 17.0 Å². The van der Waals surface area contributed by atoms with Crippen LogP contribution < -0.4 is 5.32 Å². The average molecular weight is 296 g/mol. The highest BCUT2D eigenvalue weighted by molar-refractivity contribution is 6.31. The van der Waals surface area contributed by atoms with E-state index in [-0.39, 0.29) is 0 Å². The Hall–Kier alpha value is -1.32. The molecule has 0 aliphatic heterocycles. The van der Waals surface area contributed by atoms with Crippen molar-refractivity contribution in [1.29, 1.82) is 0 Å². The number of anilines is 1. The quantitative estimate of drug-likeness (QED) is 0.924. The maximum atomic E-state index is 6.05. The van der Waals surface area contributed by atoms with Crippen molar-refractivity contribution in [3.63, 3.8) is 0 Å². The van der Waals surface area contributed by atoms with Gasteiger partial charge in [-0.1, -0.05) is 35.3 Å². The molecule has 3 nitrogen and oxygen atoms in total. The molecule has 2 rings (SSSR count). The van der Waals surface area contributed by atoms with Gasteiger partial charge in [0.05, 0.1) is 11.4 Å². The third-order valence-electron chi connectivity index (χ3n) is 2.88. The summed E-state index contributed by atoms with van der Waals surface area (Å²) in [6.45, 7) is 4.56. The molecule has 0 radical (unpaired) electrons. The summed E-state index contributed by atoms with van der Waals surface area (Å²) in [5, 5.41) is 4.37. The third kappa shape index (κ3) is 3.82. The van der Waals surface area contributed by atoms with E-state index in [9.17, 15) is 0 Å². The summed E-state index contributed by atoms with van der Waals surface area (Å²) in [6, 6.07) is 7.80. The van der Waals surface area contributed by atoms with Crippen LogP contribution in [-0.4, -0.2) is 16.5 Å². The summed E-state index contributed by atoms with van der Waals surface area (Å²) in [6.07, 6.45) is 0.877. The van der Waals surface area contributed by atoms with Gasteiger partial charge in [0.1, 0.15) is 0 Å². The van der Waals surface area contributed by atoms with Crippen molar-refractivity contribution in [3.05, 3.63) is 51.4 Å². The highest BCUT2D eigenvalue weighted by atomic mass is 35.5. The highest BCUT2D eigenvalue weighted by Gasteiger charge is 2.06. The van der Waals surface area contributed by atoms with Gasteiger partial charge in [0.25, 0.3) is 0 Å². The van der Waals surface area contributed by atoms with Crippen molar-refractivity contribution in [2.75, 3.05) is 11.9 Å². The molecule has 0 aliphatic rings. The Labute approximate surface area is 123 Å². The van der Waals surface area contributed by atoms with Crippen molar-refractivity contribution >= 4 is 29.0 Å². The summed E-state index contributed by atoms with van der Waals surface area (Å²) in [4.78, 5) is 8.62. The first-order valence-corrected chi connectivity index (χ1v) is 6.81. The lowest BCUT2D eigenvalue weighted by molar-refractivity contribution is 0.978. The summed E-state index contributed by atoms with van der Waals surface area (Å²) in [5.74, 6) is 0.638. The Kier molecular flexibility index (Phi) is 4.61. The SMILES string of the molecule is Cc1nc(Cl)c(NCCc2ccc(Cl)cc2)nc1C. The van der Waals surface area contributed by atoms with Crippen LogP contribution in [0, 0.1) is 13.8 Å². The van der Waals surface area contributed by atoms with E-state index in [0.717, 1.165) is 29.4 Å². The molecule has 1 aromatic heterocycles. The Bertz CT molecular complexity index is 568. The predicted molar refractivity (Wildman–Crippen MR) is 80.2 cm³/mol. The fourth-order valence-corrected chi connectivity index (χ4v) is 2.03. The second-order valence-corrected chi connectivity index (χ2v) is 5.13. The van der Waals surface area contributed by atoms with Gasteiger partial charge in [0.2, 0.25) is 0 Å². The molecule has 0 bridgehead atoms. The number of nitrogens with zero attached hydrogens (tertiary/aromatic N) is 2. The summed E-state index contributed by atoms with van der Waals surface area (Å²) >= 11 is 11.9. The largest absolute Gasteiger partial charge is 0.367 e. The van der Waals surface area contributed by atoms with Crippen LogP contribution in [0.4, 0.5) is 5.82 Å². The van der Waals surface area contributed by atoms with Crippen LogP contribution in [-0.2, 0) is 6.42 Å². The van der Waals surface area contributed by atoms with E-state index in [2.05, 4.69) is 15.3 Å². The second-order valence-electron chi connectivity index (χ2n) is 4.34. The lowest BCUT2D eigenvalue weighted by Crippen LogP contribution is -2.09.